The molecule has 0 saturated carbocycles. The Morgan fingerprint density at radius 3 is 2.71 bits per heavy atom. The van der Waals surface area contributed by atoms with Crippen molar-refractivity contribution in [3.05, 3.63) is 31.0 Å². The zero-order chi connectivity index (χ0) is 15.9. The predicted molar refractivity (Wildman–Crippen MR) is 86.6 cm³/mol. The first-order valence-electron chi connectivity index (χ1n) is 7.13. The molecular formula is C16H25N3O2. The molecule has 21 heavy (non-hydrogen) atoms. The van der Waals surface area contributed by atoms with Crippen molar-refractivity contribution < 1.29 is 9.53 Å². The largest absolute Gasteiger partial charge is 0.444 e. The molecule has 5 heteroatoms. The van der Waals surface area contributed by atoms with E-state index in [1.54, 1.807) is 12.3 Å². The van der Waals surface area contributed by atoms with Crippen molar-refractivity contribution in [3.63, 3.8) is 0 Å². The van der Waals surface area contributed by atoms with E-state index in [1.165, 1.54) is 0 Å². The molecule has 1 amide bonds. The van der Waals surface area contributed by atoms with Crippen molar-refractivity contribution in [2.45, 2.75) is 52.2 Å². The number of allylic oxidation sites excluding steroid dienone is 1. The number of anilines is 2. The van der Waals surface area contributed by atoms with Gasteiger partial charge in [-0.3, -0.25) is 5.32 Å². The zero-order valence-corrected chi connectivity index (χ0v) is 13.3. The van der Waals surface area contributed by atoms with E-state index in [0.29, 0.717) is 11.9 Å². The Balaban J connectivity index is 2.50. The number of hydrogen-bond acceptors (Lipinski definition) is 4. The minimum Gasteiger partial charge on any atom is -0.444 e. The molecule has 116 valence electrons. The highest BCUT2D eigenvalue weighted by Crippen LogP contribution is 2.14. The fourth-order valence-electron chi connectivity index (χ4n) is 1.69. The van der Waals surface area contributed by atoms with Crippen molar-refractivity contribution >= 4 is 17.6 Å². The molecule has 1 heterocycles. The van der Waals surface area contributed by atoms with Crippen LogP contribution in [0.5, 0.6) is 0 Å². The SMILES string of the molecule is C=CCCC(C)Nc1ccc(NC(=O)OC(C)(C)C)nc1. The molecular weight excluding hydrogens is 266 g/mol. The third-order valence-electron chi connectivity index (χ3n) is 2.61. The highest BCUT2D eigenvalue weighted by atomic mass is 16.6. The molecule has 0 aliphatic carbocycles. The first-order chi connectivity index (χ1) is 9.80. The van der Waals surface area contributed by atoms with E-state index in [4.69, 9.17) is 4.74 Å². The van der Waals surface area contributed by atoms with E-state index >= 15 is 0 Å². The van der Waals surface area contributed by atoms with Gasteiger partial charge in [0.15, 0.2) is 0 Å². The summed E-state index contributed by atoms with van der Waals surface area (Å²) in [6.07, 6.45) is 5.08. The van der Waals surface area contributed by atoms with E-state index in [9.17, 15) is 4.79 Å². The molecule has 0 saturated heterocycles. The van der Waals surface area contributed by atoms with Crippen molar-refractivity contribution in [2.75, 3.05) is 10.6 Å². The van der Waals surface area contributed by atoms with Gasteiger partial charge < -0.3 is 10.1 Å². The normalized spacial score (nSPS) is 12.4. The van der Waals surface area contributed by atoms with Gasteiger partial charge in [0, 0.05) is 6.04 Å². The molecule has 1 unspecified atom stereocenters. The minimum absolute atomic E-state index is 0.342. The summed E-state index contributed by atoms with van der Waals surface area (Å²) in [5.41, 5.74) is 0.396. The van der Waals surface area contributed by atoms with E-state index < -0.39 is 11.7 Å². The third kappa shape index (κ3) is 7.34. The Bertz CT molecular complexity index is 463. The van der Waals surface area contributed by atoms with Crippen LogP contribution in [0.3, 0.4) is 0 Å². The molecule has 1 aromatic rings. The Kier molecular flexibility index (Phi) is 6.21. The van der Waals surface area contributed by atoms with Crippen molar-refractivity contribution in [1.82, 2.24) is 4.98 Å². The number of hydrogen-bond donors (Lipinski definition) is 2. The monoisotopic (exact) mass is 291 g/mol. The fraction of sp³-hybridized carbons (Fsp3) is 0.500. The van der Waals surface area contributed by atoms with Gasteiger partial charge >= 0.3 is 6.09 Å². The average Bonchev–Trinajstić information content (AvgIpc) is 2.36. The molecule has 0 aliphatic heterocycles. The maximum atomic E-state index is 11.6. The van der Waals surface area contributed by atoms with Gasteiger partial charge in [0.2, 0.25) is 0 Å². The molecule has 0 spiro atoms. The summed E-state index contributed by atoms with van der Waals surface area (Å²) in [5.74, 6) is 0.466. The molecule has 5 nitrogen and oxygen atoms in total. The van der Waals surface area contributed by atoms with Crippen LogP contribution in [-0.4, -0.2) is 22.7 Å². The van der Waals surface area contributed by atoms with Crippen LogP contribution in [0.1, 0.15) is 40.5 Å². The summed E-state index contributed by atoms with van der Waals surface area (Å²) in [7, 11) is 0. The van der Waals surface area contributed by atoms with Crippen LogP contribution in [-0.2, 0) is 4.74 Å². The number of nitrogens with zero attached hydrogens (tertiary/aromatic N) is 1. The Morgan fingerprint density at radius 1 is 1.48 bits per heavy atom. The van der Waals surface area contributed by atoms with E-state index in [2.05, 4.69) is 29.1 Å². The topological polar surface area (TPSA) is 63.2 Å². The maximum Gasteiger partial charge on any atom is 0.413 e. The van der Waals surface area contributed by atoms with Crippen LogP contribution in [0.4, 0.5) is 16.3 Å². The quantitative estimate of drug-likeness (QED) is 0.771. The van der Waals surface area contributed by atoms with Gasteiger partial charge in [-0.15, -0.1) is 6.58 Å². The van der Waals surface area contributed by atoms with Crippen LogP contribution in [0.15, 0.2) is 31.0 Å². The molecule has 1 rings (SSSR count). The van der Waals surface area contributed by atoms with Crippen LogP contribution < -0.4 is 10.6 Å². The van der Waals surface area contributed by atoms with E-state index in [0.717, 1.165) is 18.5 Å². The van der Waals surface area contributed by atoms with Crippen LogP contribution in [0, 0.1) is 0 Å². The van der Waals surface area contributed by atoms with Crippen LogP contribution in [0.2, 0.25) is 0 Å². The van der Waals surface area contributed by atoms with E-state index in [-0.39, 0.29) is 0 Å². The number of pyridine rings is 1. The second kappa shape index (κ2) is 7.67. The zero-order valence-electron chi connectivity index (χ0n) is 13.3. The highest BCUT2D eigenvalue weighted by Gasteiger charge is 2.16. The highest BCUT2D eigenvalue weighted by molar-refractivity contribution is 5.83. The lowest BCUT2D eigenvalue weighted by molar-refractivity contribution is 0.0635. The van der Waals surface area contributed by atoms with Crippen molar-refractivity contribution in [1.29, 1.82) is 0 Å². The summed E-state index contributed by atoms with van der Waals surface area (Å²) in [6.45, 7) is 11.3. The predicted octanol–water partition coefficient (Wildman–Crippen LogP) is 4.20. The van der Waals surface area contributed by atoms with Gasteiger partial charge in [0.25, 0.3) is 0 Å². The number of carbonyl (C=O) groups excluding carboxylic acids is 1. The van der Waals surface area contributed by atoms with Gasteiger partial charge in [-0.05, 0) is 52.7 Å². The number of rotatable bonds is 6. The number of aromatic nitrogens is 1. The minimum atomic E-state index is -0.522. The number of carbonyl (C=O) groups is 1. The van der Waals surface area contributed by atoms with Crippen LogP contribution >= 0.6 is 0 Å². The molecule has 0 fully saturated rings. The standard InChI is InChI=1S/C16H25N3O2/c1-6-7-8-12(2)18-13-9-10-14(17-11-13)19-15(20)21-16(3,4)5/h6,9-12,18H,1,7-8H2,2-5H3,(H,17,19,20). The van der Waals surface area contributed by atoms with Gasteiger partial charge in [0.05, 0.1) is 11.9 Å². The van der Waals surface area contributed by atoms with Gasteiger partial charge in [-0.1, -0.05) is 6.08 Å². The summed E-state index contributed by atoms with van der Waals surface area (Å²) < 4.78 is 5.17. The Labute approximate surface area is 126 Å². The molecule has 2 N–H and O–H groups in total. The molecule has 0 radical (unpaired) electrons. The Hall–Kier alpha value is -2.04. The summed E-state index contributed by atoms with van der Waals surface area (Å²) in [5, 5.41) is 5.94. The van der Waals surface area contributed by atoms with Gasteiger partial charge in [-0.25, -0.2) is 9.78 Å². The average molecular weight is 291 g/mol. The lowest BCUT2D eigenvalue weighted by Gasteiger charge is -2.19. The molecule has 1 atom stereocenters. The summed E-state index contributed by atoms with van der Waals surface area (Å²) >= 11 is 0. The number of nitrogens with one attached hydrogen (secondary N) is 2. The van der Waals surface area contributed by atoms with Crippen LogP contribution in [0.25, 0.3) is 0 Å². The second-order valence-corrected chi connectivity index (χ2v) is 5.97. The lowest BCUT2D eigenvalue weighted by Crippen LogP contribution is -2.27. The Morgan fingerprint density at radius 2 is 2.19 bits per heavy atom. The van der Waals surface area contributed by atoms with Gasteiger partial charge in [0.1, 0.15) is 11.4 Å². The first-order valence-corrected chi connectivity index (χ1v) is 7.13. The van der Waals surface area contributed by atoms with E-state index in [1.807, 2.05) is 32.9 Å². The smallest absolute Gasteiger partial charge is 0.413 e. The first kappa shape index (κ1) is 17.0. The maximum absolute atomic E-state index is 11.6. The molecule has 1 aromatic heterocycles. The number of amides is 1. The molecule has 0 aromatic carbocycles. The molecule has 0 aliphatic rings. The molecule has 0 bridgehead atoms. The summed E-state index contributed by atoms with van der Waals surface area (Å²) in [6, 6.07) is 3.96. The second-order valence-electron chi connectivity index (χ2n) is 5.97. The third-order valence-corrected chi connectivity index (χ3v) is 2.61. The number of ether oxygens (including phenoxy) is 1. The van der Waals surface area contributed by atoms with Crippen molar-refractivity contribution in [2.24, 2.45) is 0 Å². The van der Waals surface area contributed by atoms with Crippen molar-refractivity contribution in [3.8, 4) is 0 Å². The van der Waals surface area contributed by atoms with Gasteiger partial charge in [-0.2, -0.15) is 0 Å². The summed E-state index contributed by atoms with van der Waals surface area (Å²) in [4.78, 5) is 15.8. The lowest BCUT2D eigenvalue weighted by atomic mass is 10.2. The fourth-order valence-corrected chi connectivity index (χ4v) is 1.69.